The number of aromatic amines is 1. The standard InChI is InChI=1S/C34H36N2O/c1-22-30-20-34(2)33-29(28-10-6-7-11-31(28)35-33)16-17-36(34)21-27(30)19-26(32(22)37)18-23-12-14-25(15-13-23)24-8-4-3-5-9-24/h3-15,18,22,27,30,32,35,37H,16-17,19-21H2,1-2H3/b26-18+/t22?,27?,30?,32-,34-/m0/s1. The van der Waals surface area contributed by atoms with Crippen molar-refractivity contribution in [2.24, 2.45) is 17.8 Å². The molecule has 4 aromatic rings. The number of hydrogen-bond acceptors (Lipinski definition) is 2. The smallest absolute Gasteiger partial charge is 0.0781 e. The molecule has 3 heterocycles. The van der Waals surface area contributed by atoms with E-state index in [1.807, 2.05) is 0 Å². The first kappa shape index (κ1) is 23.0. The Morgan fingerprint density at radius 2 is 1.68 bits per heavy atom. The summed E-state index contributed by atoms with van der Waals surface area (Å²) in [6, 6.07) is 28.1. The lowest BCUT2D eigenvalue weighted by Crippen LogP contribution is -2.59. The monoisotopic (exact) mass is 488 g/mol. The Hall–Kier alpha value is -3.14. The number of aliphatic hydroxyl groups excluding tert-OH is 1. The van der Waals surface area contributed by atoms with Crippen molar-refractivity contribution in [3.63, 3.8) is 0 Å². The van der Waals surface area contributed by atoms with E-state index in [2.05, 4.69) is 109 Å². The summed E-state index contributed by atoms with van der Waals surface area (Å²) in [4.78, 5) is 6.56. The summed E-state index contributed by atoms with van der Waals surface area (Å²) in [7, 11) is 0. The van der Waals surface area contributed by atoms with E-state index in [9.17, 15) is 5.11 Å². The van der Waals surface area contributed by atoms with E-state index in [1.54, 1.807) is 0 Å². The number of hydrogen-bond donors (Lipinski definition) is 2. The first-order valence-electron chi connectivity index (χ1n) is 13.9. The highest BCUT2D eigenvalue weighted by Crippen LogP contribution is 2.53. The molecule has 0 amide bonds. The summed E-state index contributed by atoms with van der Waals surface area (Å²) in [5, 5.41) is 12.9. The molecule has 3 aliphatic rings. The fourth-order valence-corrected chi connectivity index (χ4v) is 7.73. The van der Waals surface area contributed by atoms with Crippen molar-refractivity contribution < 1.29 is 5.11 Å². The van der Waals surface area contributed by atoms with Gasteiger partial charge in [-0.25, -0.2) is 0 Å². The Morgan fingerprint density at radius 1 is 0.946 bits per heavy atom. The number of nitrogens with zero attached hydrogens (tertiary/aromatic N) is 1. The normalized spacial score (nSPS) is 30.6. The van der Waals surface area contributed by atoms with Gasteiger partial charge in [-0.2, -0.15) is 0 Å². The van der Waals surface area contributed by atoms with Gasteiger partial charge >= 0.3 is 0 Å². The van der Waals surface area contributed by atoms with Gasteiger partial charge in [-0.3, -0.25) is 4.90 Å². The molecule has 37 heavy (non-hydrogen) atoms. The van der Waals surface area contributed by atoms with Crippen LogP contribution in [0.4, 0.5) is 0 Å². The van der Waals surface area contributed by atoms with E-state index in [4.69, 9.17) is 0 Å². The summed E-state index contributed by atoms with van der Waals surface area (Å²) < 4.78 is 0. The number of nitrogens with one attached hydrogen (secondary N) is 1. The SMILES string of the molecule is CC1C2C[C@@]3(C)c4[nH]c5ccccc5c4CCN3CC2C/C(=C\c2ccc(-c3ccccc3)cc2)[C@H]1O. The molecule has 1 saturated carbocycles. The molecular formula is C34H36N2O. The highest BCUT2D eigenvalue weighted by molar-refractivity contribution is 5.85. The molecule has 2 aliphatic heterocycles. The summed E-state index contributed by atoms with van der Waals surface area (Å²) in [5.74, 6) is 1.36. The molecule has 3 heteroatoms. The fraction of sp³-hybridized carbons (Fsp3) is 0.353. The maximum Gasteiger partial charge on any atom is 0.0781 e. The number of fused-ring (bicyclic) bond motifs is 6. The number of aliphatic hydroxyl groups is 1. The fourth-order valence-electron chi connectivity index (χ4n) is 7.73. The Morgan fingerprint density at radius 3 is 2.49 bits per heavy atom. The molecule has 0 bridgehead atoms. The molecular weight excluding hydrogens is 452 g/mol. The van der Waals surface area contributed by atoms with Gasteiger partial charge < -0.3 is 10.1 Å². The zero-order chi connectivity index (χ0) is 25.1. The zero-order valence-electron chi connectivity index (χ0n) is 21.8. The number of benzene rings is 3. The molecule has 2 N–H and O–H groups in total. The Balaban J connectivity index is 1.16. The van der Waals surface area contributed by atoms with Crippen molar-refractivity contribution >= 4 is 17.0 Å². The first-order valence-corrected chi connectivity index (χ1v) is 13.9. The number of H-pyrrole nitrogens is 1. The third kappa shape index (κ3) is 3.71. The minimum absolute atomic E-state index is 0.0102. The molecule has 0 spiro atoms. The summed E-state index contributed by atoms with van der Waals surface area (Å²) >= 11 is 0. The second-order valence-electron chi connectivity index (χ2n) is 11.8. The van der Waals surface area contributed by atoms with E-state index < -0.39 is 0 Å². The predicted molar refractivity (Wildman–Crippen MR) is 152 cm³/mol. The lowest BCUT2D eigenvalue weighted by atomic mass is 9.61. The van der Waals surface area contributed by atoms with Crippen molar-refractivity contribution in [1.29, 1.82) is 0 Å². The predicted octanol–water partition coefficient (Wildman–Crippen LogP) is 7.03. The molecule has 3 aromatic carbocycles. The van der Waals surface area contributed by atoms with Crippen LogP contribution in [0.2, 0.25) is 0 Å². The molecule has 7 rings (SSSR count). The Labute approximate surface area is 219 Å². The van der Waals surface area contributed by atoms with Crippen LogP contribution in [-0.4, -0.2) is 34.2 Å². The van der Waals surface area contributed by atoms with Crippen LogP contribution >= 0.6 is 0 Å². The topological polar surface area (TPSA) is 39.3 Å². The number of aromatic nitrogens is 1. The van der Waals surface area contributed by atoms with Crippen molar-refractivity contribution in [1.82, 2.24) is 9.88 Å². The van der Waals surface area contributed by atoms with Crippen LogP contribution in [0, 0.1) is 17.8 Å². The lowest BCUT2D eigenvalue weighted by Gasteiger charge is -2.56. The average Bonchev–Trinajstić information content (AvgIpc) is 3.32. The van der Waals surface area contributed by atoms with Gasteiger partial charge in [0.15, 0.2) is 0 Å². The van der Waals surface area contributed by atoms with Gasteiger partial charge in [0.1, 0.15) is 0 Å². The third-order valence-corrected chi connectivity index (χ3v) is 9.80. The Bertz CT molecular complexity index is 1470. The number of rotatable bonds is 2. The second-order valence-corrected chi connectivity index (χ2v) is 11.8. The highest BCUT2D eigenvalue weighted by atomic mass is 16.3. The second kappa shape index (κ2) is 8.72. The van der Waals surface area contributed by atoms with E-state index in [0.29, 0.717) is 11.8 Å². The van der Waals surface area contributed by atoms with Crippen LogP contribution in [0.15, 0.2) is 84.4 Å². The van der Waals surface area contributed by atoms with Crippen molar-refractivity contribution in [3.05, 3.63) is 101 Å². The van der Waals surface area contributed by atoms with Crippen LogP contribution in [0.25, 0.3) is 28.1 Å². The molecule has 1 saturated heterocycles. The van der Waals surface area contributed by atoms with Crippen molar-refractivity contribution in [2.45, 2.75) is 44.8 Å². The van der Waals surface area contributed by atoms with Gasteiger partial charge in [-0.05, 0) is 77.8 Å². The van der Waals surface area contributed by atoms with Gasteiger partial charge in [0.05, 0.1) is 11.6 Å². The Kier molecular flexibility index (Phi) is 5.42. The molecule has 2 fully saturated rings. The number of piperidine rings is 1. The third-order valence-electron chi connectivity index (χ3n) is 9.80. The van der Waals surface area contributed by atoms with Crippen LogP contribution in [0.1, 0.15) is 43.5 Å². The van der Waals surface area contributed by atoms with Crippen LogP contribution in [-0.2, 0) is 12.0 Å². The molecule has 0 radical (unpaired) electrons. The molecule has 3 nitrogen and oxygen atoms in total. The largest absolute Gasteiger partial charge is 0.388 e. The van der Waals surface area contributed by atoms with E-state index in [0.717, 1.165) is 32.4 Å². The van der Waals surface area contributed by atoms with E-state index in [1.165, 1.54) is 44.4 Å². The molecule has 1 aliphatic carbocycles. The zero-order valence-corrected chi connectivity index (χ0v) is 21.8. The minimum Gasteiger partial charge on any atom is -0.388 e. The lowest BCUT2D eigenvalue weighted by molar-refractivity contribution is -0.0649. The summed E-state index contributed by atoms with van der Waals surface area (Å²) in [5.41, 5.74) is 9.05. The average molecular weight is 489 g/mol. The number of para-hydroxylation sites is 1. The van der Waals surface area contributed by atoms with Gasteiger partial charge in [0.2, 0.25) is 0 Å². The van der Waals surface area contributed by atoms with Crippen LogP contribution in [0.3, 0.4) is 0 Å². The minimum atomic E-state index is -0.379. The quantitative estimate of drug-likeness (QED) is 0.318. The van der Waals surface area contributed by atoms with Gasteiger partial charge in [-0.15, -0.1) is 0 Å². The molecule has 5 atom stereocenters. The summed E-state index contributed by atoms with van der Waals surface area (Å²) in [6.45, 7) is 6.94. The van der Waals surface area contributed by atoms with Crippen molar-refractivity contribution in [3.8, 4) is 11.1 Å². The van der Waals surface area contributed by atoms with E-state index >= 15 is 0 Å². The first-order chi connectivity index (χ1) is 18.0. The molecule has 188 valence electrons. The summed E-state index contributed by atoms with van der Waals surface area (Å²) in [6.07, 6.45) is 5.08. The highest BCUT2D eigenvalue weighted by Gasteiger charge is 2.52. The van der Waals surface area contributed by atoms with Crippen LogP contribution in [0.5, 0.6) is 0 Å². The van der Waals surface area contributed by atoms with Gasteiger partial charge in [0.25, 0.3) is 0 Å². The van der Waals surface area contributed by atoms with E-state index in [-0.39, 0.29) is 17.6 Å². The van der Waals surface area contributed by atoms with Crippen LogP contribution < -0.4 is 0 Å². The maximum absolute atomic E-state index is 11.5. The van der Waals surface area contributed by atoms with Gasteiger partial charge in [0, 0.05) is 29.7 Å². The molecule has 3 unspecified atom stereocenters. The molecule has 1 aromatic heterocycles. The van der Waals surface area contributed by atoms with Crippen molar-refractivity contribution in [2.75, 3.05) is 13.1 Å². The maximum atomic E-state index is 11.5. The van der Waals surface area contributed by atoms with Gasteiger partial charge in [-0.1, -0.05) is 85.8 Å².